The average Bonchev–Trinajstić information content (AvgIpc) is 3.02. The third-order valence-electron chi connectivity index (χ3n) is 6.14. The highest BCUT2D eigenvalue weighted by Gasteiger charge is 2.42. The third kappa shape index (κ3) is 3.17. The van der Waals surface area contributed by atoms with Gasteiger partial charge in [-0.25, -0.2) is 0 Å². The molecule has 0 spiro atoms. The molecule has 0 radical (unpaired) electrons. The van der Waals surface area contributed by atoms with Crippen LogP contribution in [0, 0.1) is 11.8 Å². The van der Waals surface area contributed by atoms with Crippen LogP contribution in [-0.4, -0.2) is 35.8 Å². The van der Waals surface area contributed by atoms with Crippen molar-refractivity contribution in [3.63, 3.8) is 0 Å². The van der Waals surface area contributed by atoms with Crippen LogP contribution in [0.1, 0.15) is 44.9 Å². The predicted octanol–water partition coefficient (Wildman–Crippen LogP) is 3.87. The second-order valence-corrected chi connectivity index (χ2v) is 8.05. The van der Waals surface area contributed by atoms with Crippen molar-refractivity contribution in [2.75, 3.05) is 18.0 Å². The fourth-order valence-electron chi connectivity index (χ4n) is 4.91. The number of benzene rings is 1. The van der Waals surface area contributed by atoms with E-state index in [4.69, 9.17) is 11.6 Å². The van der Waals surface area contributed by atoms with Gasteiger partial charge >= 0.3 is 0 Å². The summed E-state index contributed by atoms with van der Waals surface area (Å²) in [5, 5.41) is 0.564. The second-order valence-electron chi connectivity index (χ2n) is 7.64. The molecule has 0 N–H and O–H groups in total. The Bertz CT molecular complexity index is 675. The molecule has 2 saturated heterocycles. The molecule has 3 atom stereocenters. The van der Waals surface area contributed by atoms with Gasteiger partial charge in [0.25, 0.3) is 0 Å². The minimum absolute atomic E-state index is 0.00338. The maximum atomic E-state index is 13.2. The molecule has 3 fully saturated rings. The molecule has 0 aromatic heterocycles. The highest BCUT2D eigenvalue weighted by molar-refractivity contribution is 6.33. The zero-order valence-corrected chi connectivity index (χ0v) is 15.3. The molecule has 2 aliphatic heterocycles. The Hall–Kier alpha value is -1.55. The van der Waals surface area contributed by atoms with E-state index in [2.05, 4.69) is 4.90 Å². The standard InChI is InChI=1S/C20H25ClN2O2/c21-16-8-2-4-10-18(16)23-13-15(12-19(23)24)20(25)22-11-5-7-14-6-1-3-9-17(14)22/h2,4,8,10,14-15,17H,1,3,5-7,9,11-13H2. The van der Waals surface area contributed by atoms with Gasteiger partial charge in [-0.15, -0.1) is 0 Å². The number of carbonyl (C=O) groups is 2. The molecule has 1 aromatic rings. The summed E-state index contributed by atoms with van der Waals surface area (Å²) in [6, 6.07) is 7.77. The summed E-state index contributed by atoms with van der Waals surface area (Å²) in [5.74, 6) is 0.621. The Balaban J connectivity index is 1.50. The third-order valence-corrected chi connectivity index (χ3v) is 6.46. The number of para-hydroxylation sites is 1. The maximum Gasteiger partial charge on any atom is 0.228 e. The van der Waals surface area contributed by atoms with Crippen LogP contribution < -0.4 is 4.90 Å². The fraction of sp³-hybridized carbons (Fsp3) is 0.600. The van der Waals surface area contributed by atoms with Crippen molar-refractivity contribution in [2.24, 2.45) is 11.8 Å². The molecule has 5 heteroatoms. The van der Waals surface area contributed by atoms with Gasteiger partial charge < -0.3 is 9.80 Å². The summed E-state index contributed by atoms with van der Waals surface area (Å²) < 4.78 is 0. The van der Waals surface area contributed by atoms with Crippen LogP contribution in [0.3, 0.4) is 0 Å². The van der Waals surface area contributed by atoms with Crippen LogP contribution in [-0.2, 0) is 9.59 Å². The topological polar surface area (TPSA) is 40.6 Å². The summed E-state index contributed by atoms with van der Waals surface area (Å²) in [5.41, 5.74) is 0.721. The second kappa shape index (κ2) is 6.99. The Morgan fingerprint density at radius 2 is 1.84 bits per heavy atom. The lowest BCUT2D eigenvalue weighted by Gasteiger charge is -2.45. The molecule has 1 saturated carbocycles. The molecule has 3 unspecified atom stereocenters. The van der Waals surface area contributed by atoms with Gasteiger partial charge in [0.15, 0.2) is 0 Å². The SMILES string of the molecule is O=C1CC(C(=O)N2CCCC3CCCCC32)CN1c1ccccc1Cl. The first kappa shape index (κ1) is 16.9. The number of fused-ring (bicyclic) bond motifs is 1. The molecule has 25 heavy (non-hydrogen) atoms. The highest BCUT2D eigenvalue weighted by Crippen LogP contribution is 2.37. The van der Waals surface area contributed by atoms with Gasteiger partial charge in [0.2, 0.25) is 11.8 Å². The minimum atomic E-state index is -0.232. The monoisotopic (exact) mass is 360 g/mol. The smallest absolute Gasteiger partial charge is 0.228 e. The molecule has 2 amide bonds. The number of halogens is 1. The number of piperidine rings is 1. The normalized spacial score (nSPS) is 29.6. The number of carbonyl (C=O) groups excluding carboxylic acids is 2. The van der Waals surface area contributed by atoms with E-state index in [9.17, 15) is 9.59 Å². The van der Waals surface area contributed by atoms with Gasteiger partial charge in [-0.1, -0.05) is 36.6 Å². The summed E-state index contributed by atoms with van der Waals surface area (Å²) in [7, 11) is 0. The number of hydrogen-bond donors (Lipinski definition) is 0. The molecule has 3 aliphatic rings. The summed E-state index contributed by atoms with van der Waals surface area (Å²) in [6.07, 6.45) is 7.56. The molecule has 1 aromatic carbocycles. The fourth-order valence-corrected chi connectivity index (χ4v) is 5.15. The van der Waals surface area contributed by atoms with E-state index in [-0.39, 0.29) is 17.7 Å². The van der Waals surface area contributed by atoms with Gasteiger partial charge in [0, 0.05) is 25.6 Å². The van der Waals surface area contributed by atoms with Crippen molar-refractivity contribution in [3.8, 4) is 0 Å². The molecule has 4 nitrogen and oxygen atoms in total. The van der Waals surface area contributed by atoms with Gasteiger partial charge in [0.1, 0.15) is 0 Å². The van der Waals surface area contributed by atoms with Crippen molar-refractivity contribution >= 4 is 29.1 Å². The number of nitrogens with zero attached hydrogens (tertiary/aromatic N) is 2. The van der Waals surface area contributed by atoms with E-state index < -0.39 is 0 Å². The predicted molar refractivity (Wildman–Crippen MR) is 98.6 cm³/mol. The summed E-state index contributed by atoms with van der Waals surface area (Å²) >= 11 is 6.25. The Morgan fingerprint density at radius 1 is 1.08 bits per heavy atom. The average molecular weight is 361 g/mol. The number of likely N-dealkylation sites (tertiary alicyclic amines) is 1. The molecule has 2 heterocycles. The van der Waals surface area contributed by atoms with Gasteiger partial charge in [0.05, 0.1) is 16.6 Å². The van der Waals surface area contributed by atoms with Gasteiger partial charge in [-0.2, -0.15) is 0 Å². The van der Waals surface area contributed by atoms with Gasteiger partial charge in [-0.05, 0) is 43.7 Å². The van der Waals surface area contributed by atoms with E-state index in [1.807, 2.05) is 18.2 Å². The lowest BCUT2D eigenvalue weighted by Crippen LogP contribution is -2.51. The molecular formula is C20H25ClN2O2. The van der Waals surface area contributed by atoms with E-state index >= 15 is 0 Å². The molecule has 134 valence electrons. The van der Waals surface area contributed by atoms with Crippen molar-refractivity contribution in [3.05, 3.63) is 29.3 Å². The Morgan fingerprint density at radius 3 is 2.68 bits per heavy atom. The largest absolute Gasteiger partial charge is 0.339 e. The van der Waals surface area contributed by atoms with Crippen LogP contribution in [0.5, 0.6) is 0 Å². The number of anilines is 1. The Labute approximate surface area is 154 Å². The van der Waals surface area contributed by atoms with E-state index in [1.165, 1.54) is 25.7 Å². The molecular weight excluding hydrogens is 336 g/mol. The van der Waals surface area contributed by atoms with Gasteiger partial charge in [-0.3, -0.25) is 9.59 Å². The molecule has 0 bridgehead atoms. The van der Waals surface area contributed by atoms with Crippen LogP contribution >= 0.6 is 11.6 Å². The summed E-state index contributed by atoms with van der Waals surface area (Å²) in [4.78, 5) is 29.5. The molecule has 1 aliphatic carbocycles. The number of rotatable bonds is 2. The minimum Gasteiger partial charge on any atom is -0.339 e. The summed E-state index contributed by atoms with van der Waals surface area (Å²) in [6.45, 7) is 1.31. The van der Waals surface area contributed by atoms with E-state index in [0.717, 1.165) is 25.1 Å². The van der Waals surface area contributed by atoms with E-state index in [0.29, 0.717) is 29.9 Å². The van der Waals surface area contributed by atoms with Crippen molar-refractivity contribution < 1.29 is 9.59 Å². The van der Waals surface area contributed by atoms with Crippen molar-refractivity contribution in [2.45, 2.75) is 51.0 Å². The number of hydrogen-bond acceptors (Lipinski definition) is 2. The van der Waals surface area contributed by atoms with Crippen molar-refractivity contribution in [1.82, 2.24) is 4.90 Å². The van der Waals surface area contributed by atoms with Crippen LogP contribution in [0.4, 0.5) is 5.69 Å². The quantitative estimate of drug-likeness (QED) is 0.803. The zero-order chi connectivity index (χ0) is 17.4. The van der Waals surface area contributed by atoms with E-state index in [1.54, 1.807) is 11.0 Å². The highest BCUT2D eigenvalue weighted by atomic mass is 35.5. The lowest BCUT2D eigenvalue weighted by atomic mass is 9.78. The first-order valence-corrected chi connectivity index (χ1v) is 9.88. The van der Waals surface area contributed by atoms with Crippen LogP contribution in [0.2, 0.25) is 5.02 Å². The first-order chi connectivity index (χ1) is 12.1. The Kier molecular flexibility index (Phi) is 4.72. The lowest BCUT2D eigenvalue weighted by molar-refractivity contribution is -0.142. The number of amides is 2. The van der Waals surface area contributed by atoms with Crippen LogP contribution in [0.15, 0.2) is 24.3 Å². The maximum absolute atomic E-state index is 13.2. The first-order valence-electron chi connectivity index (χ1n) is 9.50. The van der Waals surface area contributed by atoms with Crippen molar-refractivity contribution in [1.29, 1.82) is 0 Å². The zero-order valence-electron chi connectivity index (χ0n) is 14.5. The molecule has 4 rings (SSSR count). The van der Waals surface area contributed by atoms with Crippen LogP contribution in [0.25, 0.3) is 0 Å².